The van der Waals surface area contributed by atoms with Crippen molar-refractivity contribution >= 4 is 45.6 Å². The van der Waals surface area contributed by atoms with Crippen molar-refractivity contribution in [2.45, 2.75) is 109 Å². The molecule has 0 bridgehead atoms. The van der Waals surface area contributed by atoms with Crippen LogP contribution in [0.2, 0.25) is 88.6 Å². The minimum absolute atomic E-state index is 0.456. The van der Waals surface area contributed by atoms with E-state index in [-0.39, 0.29) is 0 Å². The van der Waals surface area contributed by atoms with E-state index in [1.807, 2.05) is 10.4 Å². The second kappa shape index (κ2) is 6.71. The second-order valence-corrected chi connectivity index (χ2v) is 45.9. The number of allylic oxidation sites excluding steroid dienone is 2. The molecule has 1 aliphatic rings. The van der Waals surface area contributed by atoms with Crippen LogP contribution in [0.3, 0.4) is 0 Å². The van der Waals surface area contributed by atoms with E-state index in [0.29, 0.717) is 4.25 Å². The quantitative estimate of drug-likeness (QED) is 0.353. The Kier molecular flexibility index (Phi) is 6.43. The standard InChI is InChI=1S/C21H48GeSi4/c1-21(2,3)22(4)19(25(11,12)13)17(23(5,6)7)18(24(8,9)10)20(22)26(14,15)16/h1-16H3. The fourth-order valence-corrected chi connectivity index (χ4v) is 59.2. The van der Waals surface area contributed by atoms with Crippen molar-refractivity contribution in [3.63, 3.8) is 0 Å². The van der Waals surface area contributed by atoms with Crippen molar-refractivity contribution in [2.24, 2.45) is 0 Å². The van der Waals surface area contributed by atoms with Gasteiger partial charge in [0.2, 0.25) is 0 Å². The van der Waals surface area contributed by atoms with Gasteiger partial charge in [-0.2, -0.15) is 0 Å². The zero-order valence-electron chi connectivity index (χ0n) is 21.0. The Labute approximate surface area is 172 Å². The summed E-state index contributed by atoms with van der Waals surface area (Å²) >= 11 is -2.40. The Morgan fingerprint density at radius 3 is 0.846 bits per heavy atom. The van der Waals surface area contributed by atoms with Crippen molar-refractivity contribution < 1.29 is 0 Å². The van der Waals surface area contributed by atoms with Crippen LogP contribution >= 0.6 is 0 Å². The average molecular weight is 486 g/mol. The third-order valence-corrected chi connectivity index (χ3v) is 41.7. The second-order valence-electron chi connectivity index (χ2n) is 13.9. The molecule has 0 nitrogen and oxygen atoms in total. The molecule has 0 spiro atoms. The topological polar surface area (TPSA) is 0 Å². The van der Waals surface area contributed by atoms with Gasteiger partial charge in [-0.3, -0.25) is 0 Å². The molecule has 0 aromatic carbocycles. The van der Waals surface area contributed by atoms with E-state index in [1.54, 1.807) is 0 Å². The van der Waals surface area contributed by atoms with E-state index in [1.165, 1.54) is 0 Å². The summed E-state index contributed by atoms with van der Waals surface area (Å²) in [5, 5.41) is 4.01. The van der Waals surface area contributed by atoms with Gasteiger partial charge in [-0.1, -0.05) is 0 Å². The third kappa shape index (κ3) is 4.24. The van der Waals surface area contributed by atoms with Gasteiger partial charge in [-0.25, -0.2) is 0 Å². The molecule has 0 fully saturated rings. The van der Waals surface area contributed by atoms with Crippen LogP contribution in [-0.4, -0.2) is 45.6 Å². The van der Waals surface area contributed by atoms with Gasteiger partial charge in [0.1, 0.15) is 0 Å². The van der Waals surface area contributed by atoms with Gasteiger partial charge >= 0.3 is 173 Å². The summed E-state index contributed by atoms with van der Waals surface area (Å²) in [5.41, 5.74) is 0. The molecule has 1 rings (SSSR count). The Hall–Kier alpha value is 0.890. The predicted molar refractivity (Wildman–Crippen MR) is 139 cm³/mol. The molecule has 1 aliphatic heterocycles. The van der Waals surface area contributed by atoms with Gasteiger partial charge in [0.15, 0.2) is 0 Å². The van der Waals surface area contributed by atoms with Crippen LogP contribution < -0.4 is 0 Å². The minimum atomic E-state index is -2.40. The summed E-state index contributed by atoms with van der Waals surface area (Å²) in [6.07, 6.45) is 0. The Morgan fingerprint density at radius 1 is 0.500 bits per heavy atom. The fourth-order valence-electron chi connectivity index (χ4n) is 5.38. The molecule has 0 atom stereocenters. The molecular weight excluding hydrogens is 437 g/mol. The van der Waals surface area contributed by atoms with Gasteiger partial charge in [0, 0.05) is 0 Å². The summed E-state index contributed by atoms with van der Waals surface area (Å²) < 4.78 is 4.70. The first-order valence-electron chi connectivity index (χ1n) is 10.5. The molecule has 0 saturated carbocycles. The first-order valence-corrected chi connectivity index (χ1v) is 29.7. The Bertz CT molecular complexity index is 588. The summed E-state index contributed by atoms with van der Waals surface area (Å²) in [5.74, 6) is 2.84. The van der Waals surface area contributed by atoms with Crippen molar-refractivity contribution in [3.8, 4) is 0 Å². The monoisotopic (exact) mass is 486 g/mol. The van der Waals surface area contributed by atoms with Crippen LogP contribution in [-0.2, 0) is 0 Å². The molecule has 1 heterocycles. The van der Waals surface area contributed by atoms with E-state index in [0.717, 1.165) is 0 Å². The number of hydrogen-bond acceptors (Lipinski definition) is 0. The molecule has 0 aliphatic carbocycles. The summed E-state index contributed by atoms with van der Waals surface area (Å²) in [4.78, 5) is 0. The molecular formula is C21H48GeSi4. The van der Waals surface area contributed by atoms with Crippen LogP contribution in [0.25, 0.3) is 0 Å². The third-order valence-electron chi connectivity index (χ3n) is 6.25. The fraction of sp³-hybridized carbons (Fsp3) is 0.810. The maximum atomic E-state index is 2.84. The first-order chi connectivity index (χ1) is 11.0. The zero-order chi connectivity index (χ0) is 21.3. The van der Waals surface area contributed by atoms with Crippen LogP contribution in [0.5, 0.6) is 0 Å². The molecule has 0 N–H and O–H groups in total. The summed E-state index contributed by atoms with van der Waals surface area (Å²) in [6.45, 7) is 39.6. The molecule has 0 unspecified atom stereocenters. The van der Waals surface area contributed by atoms with Crippen LogP contribution in [0, 0.1) is 0 Å². The van der Waals surface area contributed by atoms with Gasteiger partial charge < -0.3 is 0 Å². The van der Waals surface area contributed by atoms with Crippen LogP contribution in [0.15, 0.2) is 18.5 Å². The molecule has 26 heavy (non-hydrogen) atoms. The normalized spacial score (nSPS) is 20.3. The van der Waals surface area contributed by atoms with E-state index in [4.69, 9.17) is 0 Å². The molecule has 0 aromatic rings. The Morgan fingerprint density at radius 2 is 0.731 bits per heavy atom. The molecule has 5 heteroatoms. The van der Waals surface area contributed by atoms with Crippen molar-refractivity contribution in [3.05, 3.63) is 18.5 Å². The van der Waals surface area contributed by atoms with E-state index < -0.39 is 45.6 Å². The SMILES string of the molecule is C[C](C)(C)[Ge]1([CH3])[C]([Si](C)(C)C)=C([Si](C)(C)C)C([Si](C)(C)C)=[C]1[Si](C)(C)C. The van der Waals surface area contributed by atoms with E-state index in [9.17, 15) is 0 Å². The van der Waals surface area contributed by atoms with Gasteiger partial charge in [0.05, 0.1) is 0 Å². The predicted octanol–water partition coefficient (Wildman–Crippen LogP) is 8.06. The number of hydrogen-bond donors (Lipinski definition) is 0. The summed E-state index contributed by atoms with van der Waals surface area (Å²) in [7, 11) is -5.56. The summed E-state index contributed by atoms with van der Waals surface area (Å²) in [6, 6.07) is 0. The molecule has 0 amide bonds. The first kappa shape index (κ1) is 24.9. The maximum absolute atomic E-state index is 2.84. The molecule has 0 saturated heterocycles. The van der Waals surface area contributed by atoms with Gasteiger partial charge in [0.25, 0.3) is 0 Å². The van der Waals surface area contributed by atoms with Crippen molar-refractivity contribution in [2.75, 3.05) is 0 Å². The number of rotatable bonds is 4. The van der Waals surface area contributed by atoms with Crippen molar-refractivity contribution in [1.82, 2.24) is 0 Å². The van der Waals surface area contributed by atoms with Crippen LogP contribution in [0.1, 0.15) is 20.8 Å². The van der Waals surface area contributed by atoms with Crippen LogP contribution in [0.4, 0.5) is 0 Å². The molecule has 152 valence electrons. The average Bonchev–Trinajstić information content (AvgIpc) is 2.57. The van der Waals surface area contributed by atoms with Gasteiger partial charge in [-0.15, -0.1) is 0 Å². The Balaban J connectivity index is 4.34. The zero-order valence-corrected chi connectivity index (χ0v) is 27.1. The molecule has 0 aromatic heterocycles. The van der Waals surface area contributed by atoms with Gasteiger partial charge in [-0.05, 0) is 0 Å². The van der Waals surface area contributed by atoms with Crippen molar-refractivity contribution in [1.29, 1.82) is 0 Å². The molecule has 0 radical (unpaired) electrons. The van der Waals surface area contributed by atoms with E-state index in [2.05, 4.69) is 113 Å². The van der Waals surface area contributed by atoms with E-state index >= 15 is 0 Å².